The molecule has 4 heteroatoms. The third-order valence-corrected chi connectivity index (χ3v) is 2.06. The van der Waals surface area contributed by atoms with Crippen molar-refractivity contribution < 1.29 is 4.74 Å². The molecule has 0 saturated carbocycles. The van der Waals surface area contributed by atoms with E-state index in [0.717, 1.165) is 17.0 Å². The highest BCUT2D eigenvalue weighted by Gasteiger charge is 1.99. The summed E-state index contributed by atoms with van der Waals surface area (Å²) in [6, 6.07) is 9.21. The number of hydrogen-bond donors (Lipinski definition) is 1. The summed E-state index contributed by atoms with van der Waals surface area (Å²) in [5, 5.41) is 0. The molecule has 0 atom stereocenters. The molecule has 0 amide bonds. The second-order valence-corrected chi connectivity index (χ2v) is 3.02. The van der Waals surface area contributed by atoms with Crippen LogP contribution in [0.3, 0.4) is 0 Å². The van der Waals surface area contributed by atoms with E-state index in [0.29, 0.717) is 0 Å². The maximum Gasteiger partial charge on any atom is 0.345 e. The number of ether oxygens (including phenoxy) is 1. The average Bonchev–Trinajstić information content (AvgIpc) is 2.29. The van der Waals surface area contributed by atoms with Gasteiger partial charge in [-0.1, -0.05) is 12.1 Å². The van der Waals surface area contributed by atoms with Gasteiger partial charge in [0.05, 0.1) is 12.8 Å². The summed E-state index contributed by atoms with van der Waals surface area (Å²) >= 11 is 0. The molecule has 2 aromatic rings. The summed E-state index contributed by atoms with van der Waals surface area (Å²) in [4.78, 5) is 17.2. The monoisotopic (exact) mass is 202 g/mol. The number of aromatic nitrogens is 2. The van der Waals surface area contributed by atoms with Crippen molar-refractivity contribution in [2.75, 3.05) is 7.11 Å². The molecule has 0 spiro atoms. The highest BCUT2D eigenvalue weighted by molar-refractivity contribution is 5.60. The maximum absolute atomic E-state index is 11.0. The number of H-pyrrole nitrogens is 1. The minimum atomic E-state index is -0.352. The van der Waals surface area contributed by atoms with Crippen molar-refractivity contribution in [2.45, 2.75) is 0 Å². The Morgan fingerprint density at radius 1 is 1.33 bits per heavy atom. The van der Waals surface area contributed by atoms with Gasteiger partial charge in [-0.05, 0) is 18.2 Å². The van der Waals surface area contributed by atoms with Gasteiger partial charge in [-0.3, -0.25) is 0 Å². The Hall–Kier alpha value is -2.10. The van der Waals surface area contributed by atoms with Crippen LogP contribution < -0.4 is 10.4 Å². The van der Waals surface area contributed by atoms with E-state index in [1.54, 1.807) is 13.2 Å². The fourth-order valence-electron chi connectivity index (χ4n) is 1.33. The summed E-state index contributed by atoms with van der Waals surface area (Å²) in [6.07, 6.45) is 1.48. The molecular formula is C11H10N2O2. The number of methoxy groups -OCH3 is 1. The predicted molar refractivity (Wildman–Crippen MR) is 56.8 cm³/mol. The van der Waals surface area contributed by atoms with Crippen LogP contribution in [-0.2, 0) is 0 Å². The van der Waals surface area contributed by atoms with Crippen LogP contribution in [0.2, 0.25) is 0 Å². The third kappa shape index (κ3) is 2.04. The van der Waals surface area contributed by atoms with Crippen LogP contribution in [0.5, 0.6) is 5.75 Å². The molecule has 1 aromatic carbocycles. The van der Waals surface area contributed by atoms with Crippen LogP contribution in [0.4, 0.5) is 0 Å². The normalized spacial score (nSPS) is 9.93. The number of rotatable bonds is 2. The topological polar surface area (TPSA) is 55.0 Å². The summed E-state index contributed by atoms with van der Waals surface area (Å²) in [5.74, 6) is 0.755. The number of nitrogens with zero attached hydrogens (tertiary/aromatic N) is 1. The molecule has 1 heterocycles. The first-order chi connectivity index (χ1) is 7.29. The number of aromatic amines is 1. The van der Waals surface area contributed by atoms with Crippen LogP contribution in [0.25, 0.3) is 11.3 Å². The zero-order chi connectivity index (χ0) is 10.7. The van der Waals surface area contributed by atoms with E-state index in [2.05, 4.69) is 9.97 Å². The van der Waals surface area contributed by atoms with E-state index in [9.17, 15) is 4.79 Å². The molecule has 0 aliphatic carbocycles. The quantitative estimate of drug-likeness (QED) is 0.801. The van der Waals surface area contributed by atoms with E-state index < -0.39 is 0 Å². The van der Waals surface area contributed by atoms with Crippen molar-refractivity contribution in [2.24, 2.45) is 0 Å². The van der Waals surface area contributed by atoms with Gasteiger partial charge in [0.25, 0.3) is 0 Å². The predicted octanol–water partition coefficient (Wildman–Crippen LogP) is 1.45. The lowest BCUT2D eigenvalue weighted by Crippen LogP contribution is -2.09. The highest BCUT2D eigenvalue weighted by Crippen LogP contribution is 2.20. The van der Waals surface area contributed by atoms with E-state index in [1.807, 2.05) is 24.3 Å². The first-order valence-electron chi connectivity index (χ1n) is 4.49. The summed E-state index contributed by atoms with van der Waals surface area (Å²) < 4.78 is 5.10. The van der Waals surface area contributed by atoms with Gasteiger partial charge in [0.15, 0.2) is 0 Å². The van der Waals surface area contributed by atoms with Gasteiger partial charge in [0.1, 0.15) is 5.75 Å². The summed E-state index contributed by atoms with van der Waals surface area (Å²) in [5.41, 5.74) is 1.28. The van der Waals surface area contributed by atoms with Crippen LogP contribution in [0, 0.1) is 0 Å². The van der Waals surface area contributed by atoms with Crippen LogP contribution in [0.1, 0.15) is 0 Å². The van der Waals surface area contributed by atoms with Crippen molar-refractivity contribution in [1.29, 1.82) is 0 Å². The van der Waals surface area contributed by atoms with Gasteiger partial charge in [-0.25, -0.2) is 9.78 Å². The zero-order valence-electron chi connectivity index (χ0n) is 8.23. The lowest BCUT2D eigenvalue weighted by molar-refractivity contribution is 0.415. The molecule has 0 unspecified atom stereocenters. The highest BCUT2D eigenvalue weighted by atomic mass is 16.5. The molecule has 0 fully saturated rings. The average molecular weight is 202 g/mol. The molecule has 1 N–H and O–H groups in total. The van der Waals surface area contributed by atoms with Crippen LogP contribution >= 0.6 is 0 Å². The number of benzene rings is 1. The molecule has 76 valence electrons. The number of hydrogen-bond acceptors (Lipinski definition) is 3. The maximum atomic E-state index is 11.0. The second kappa shape index (κ2) is 3.96. The smallest absolute Gasteiger partial charge is 0.345 e. The molecule has 0 bridgehead atoms. The van der Waals surface area contributed by atoms with E-state index in [-0.39, 0.29) is 5.69 Å². The minimum absolute atomic E-state index is 0.352. The summed E-state index contributed by atoms with van der Waals surface area (Å²) in [7, 11) is 1.61. The standard InChI is InChI=1S/C11H10N2O2/c1-15-9-4-2-3-8(7-9)10-5-6-12-11(14)13-10/h2-7H,1H3,(H,12,13,14). The Morgan fingerprint density at radius 2 is 2.20 bits per heavy atom. The molecule has 0 aliphatic rings. The number of nitrogens with one attached hydrogen (secondary N) is 1. The SMILES string of the molecule is COc1cccc(-c2ccnc(=O)[nH]2)c1. The molecule has 4 nitrogen and oxygen atoms in total. The van der Waals surface area contributed by atoms with Crippen molar-refractivity contribution in [3.05, 3.63) is 47.0 Å². The van der Waals surface area contributed by atoms with Crippen LogP contribution in [0.15, 0.2) is 41.3 Å². The first-order valence-corrected chi connectivity index (χ1v) is 4.49. The van der Waals surface area contributed by atoms with Gasteiger partial charge < -0.3 is 9.72 Å². The zero-order valence-corrected chi connectivity index (χ0v) is 8.23. The van der Waals surface area contributed by atoms with Gasteiger partial charge in [0, 0.05) is 11.8 Å². The summed E-state index contributed by atoms with van der Waals surface area (Å²) in [6.45, 7) is 0. The molecule has 0 radical (unpaired) electrons. The second-order valence-electron chi connectivity index (χ2n) is 3.02. The fourth-order valence-corrected chi connectivity index (χ4v) is 1.33. The molecule has 1 aromatic heterocycles. The molecule has 15 heavy (non-hydrogen) atoms. The third-order valence-electron chi connectivity index (χ3n) is 2.06. The Bertz CT molecular complexity index is 520. The first kappa shape index (κ1) is 9.45. The van der Waals surface area contributed by atoms with Crippen molar-refractivity contribution in [3.63, 3.8) is 0 Å². The molecule has 0 saturated heterocycles. The Labute approximate surface area is 86.6 Å². The van der Waals surface area contributed by atoms with E-state index in [1.165, 1.54) is 6.20 Å². The molecular weight excluding hydrogens is 192 g/mol. The van der Waals surface area contributed by atoms with Gasteiger partial charge in [-0.15, -0.1) is 0 Å². The molecule has 0 aliphatic heterocycles. The van der Waals surface area contributed by atoms with Gasteiger partial charge in [-0.2, -0.15) is 0 Å². The Morgan fingerprint density at radius 3 is 2.93 bits per heavy atom. The van der Waals surface area contributed by atoms with Gasteiger partial charge >= 0.3 is 5.69 Å². The van der Waals surface area contributed by atoms with E-state index in [4.69, 9.17) is 4.74 Å². The van der Waals surface area contributed by atoms with Crippen molar-refractivity contribution in [3.8, 4) is 17.0 Å². The van der Waals surface area contributed by atoms with Crippen LogP contribution in [-0.4, -0.2) is 17.1 Å². The lowest BCUT2D eigenvalue weighted by Gasteiger charge is -2.03. The van der Waals surface area contributed by atoms with E-state index >= 15 is 0 Å². The van der Waals surface area contributed by atoms with Crippen molar-refractivity contribution >= 4 is 0 Å². The minimum Gasteiger partial charge on any atom is -0.497 e. The van der Waals surface area contributed by atoms with Crippen molar-refractivity contribution in [1.82, 2.24) is 9.97 Å². The fraction of sp³-hybridized carbons (Fsp3) is 0.0909. The Balaban J connectivity index is 2.49. The van der Waals surface area contributed by atoms with Gasteiger partial charge in [0.2, 0.25) is 0 Å². The lowest BCUT2D eigenvalue weighted by atomic mass is 10.1. The Kier molecular flexibility index (Phi) is 2.49. The largest absolute Gasteiger partial charge is 0.497 e. The molecule has 2 rings (SSSR count).